The van der Waals surface area contributed by atoms with Gasteiger partial charge in [0.15, 0.2) is 5.82 Å². The number of hydrogen-bond acceptors (Lipinski definition) is 6. The van der Waals surface area contributed by atoms with Crippen molar-refractivity contribution in [1.82, 2.24) is 15.5 Å². The van der Waals surface area contributed by atoms with Crippen molar-refractivity contribution in [2.24, 2.45) is 0 Å². The van der Waals surface area contributed by atoms with E-state index in [9.17, 15) is 9.90 Å². The van der Waals surface area contributed by atoms with Crippen LogP contribution in [0.4, 0.5) is 4.79 Å². The first-order chi connectivity index (χ1) is 11.2. The quantitative estimate of drug-likeness (QED) is 0.876. The molecule has 1 aromatic rings. The van der Waals surface area contributed by atoms with Crippen LogP contribution in [0.5, 0.6) is 0 Å². The van der Waals surface area contributed by atoms with Crippen molar-refractivity contribution in [2.75, 3.05) is 0 Å². The Labute approximate surface area is 142 Å². The molecule has 0 aromatic carbocycles. The van der Waals surface area contributed by atoms with Gasteiger partial charge in [-0.2, -0.15) is 4.98 Å². The fourth-order valence-corrected chi connectivity index (χ4v) is 3.08. The Kier molecular flexibility index (Phi) is 4.55. The second-order valence-corrected chi connectivity index (χ2v) is 8.14. The smallest absolute Gasteiger partial charge is 0.407 e. The highest BCUT2D eigenvalue weighted by molar-refractivity contribution is 5.68. The van der Waals surface area contributed by atoms with E-state index in [2.05, 4.69) is 15.5 Å². The Morgan fingerprint density at radius 1 is 1.33 bits per heavy atom. The number of alkyl carbamates (subject to hydrolysis) is 1. The number of hydrogen-bond donors (Lipinski definition) is 2. The lowest BCUT2D eigenvalue weighted by atomic mass is 9.80. The summed E-state index contributed by atoms with van der Waals surface area (Å²) in [5, 5.41) is 17.6. The van der Waals surface area contributed by atoms with Crippen LogP contribution in [0.2, 0.25) is 0 Å². The van der Waals surface area contributed by atoms with E-state index in [4.69, 9.17) is 9.26 Å². The van der Waals surface area contributed by atoms with E-state index in [1.54, 1.807) is 0 Å². The fourth-order valence-electron chi connectivity index (χ4n) is 3.08. The highest BCUT2D eigenvalue weighted by Crippen LogP contribution is 2.38. The first-order valence-electron chi connectivity index (χ1n) is 8.77. The predicted octanol–water partition coefficient (Wildman–Crippen LogP) is 2.69. The van der Waals surface area contributed by atoms with Gasteiger partial charge in [-0.1, -0.05) is 5.16 Å². The normalized spacial score (nSPS) is 27.8. The highest BCUT2D eigenvalue weighted by atomic mass is 16.6. The average Bonchev–Trinajstić information content (AvgIpc) is 3.21. The van der Waals surface area contributed by atoms with Gasteiger partial charge in [-0.25, -0.2) is 4.79 Å². The van der Waals surface area contributed by atoms with Crippen LogP contribution in [0, 0.1) is 0 Å². The SMILES string of the molecule is CC(C)(C)OC(=O)NC1CCC(O)(Cc2nc(C3CC3)no2)CC1. The lowest BCUT2D eigenvalue weighted by molar-refractivity contribution is -0.0113. The second-order valence-electron chi connectivity index (χ2n) is 8.14. The standard InChI is InChI=1S/C17H27N3O4/c1-16(2,3)23-15(21)18-12-6-8-17(22,9-7-12)10-13-19-14(20-24-13)11-4-5-11/h11-12,22H,4-10H2,1-3H3,(H,18,21). The Morgan fingerprint density at radius 3 is 2.58 bits per heavy atom. The van der Waals surface area contributed by atoms with Crippen molar-refractivity contribution < 1.29 is 19.2 Å². The van der Waals surface area contributed by atoms with Crippen LogP contribution in [0.1, 0.15) is 76.9 Å². The van der Waals surface area contributed by atoms with Crippen molar-refractivity contribution >= 4 is 6.09 Å². The predicted molar refractivity (Wildman–Crippen MR) is 86.6 cm³/mol. The molecular formula is C17H27N3O4. The number of amides is 1. The molecule has 134 valence electrons. The fraction of sp³-hybridized carbons (Fsp3) is 0.824. The third kappa shape index (κ3) is 4.69. The molecule has 7 heteroatoms. The summed E-state index contributed by atoms with van der Waals surface area (Å²) in [6.45, 7) is 5.52. The maximum atomic E-state index is 11.8. The Morgan fingerprint density at radius 2 is 2.00 bits per heavy atom. The third-order valence-corrected chi connectivity index (χ3v) is 4.54. The number of nitrogens with zero attached hydrogens (tertiary/aromatic N) is 2. The summed E-state index contributed by atoms with van der Waals surface area (Å²) in [6.07, 6.45) is 4.83. The number of carbonyl (C=O) groups excluding carboxylic acids is 1. The van der Waals surface area contributed by atoms with Gasteiger partial charge in [-0.15, -0.1) is 0 Å². The van der Waals surface area contributed by atoms with Gasteiger partial charge in [0.05, 0.1) is 12.0 Å². The number of aromatic nitrogens is 2. The van der Waals surface area contributed by atoms with Gasteiger partial charge in [-0.3, -0.25) is 0 Å². The number of nitrogens with one attached hydrogen (secondary N) is 1. The summed E-state index contributed by atoms with van der Waals surface area (Å²) in [6, 6.07) is 0.0323. The van der Waals surface area contributed by atoms with Crippen LogP contribution in [-0.4, -0.2) is 38.6 Å². The zero-order valence-corrected chi connectivity index (χ0v) is 14.7. The van der Waals surface area contributed by atoms with Gasteiger partial charge >= 0.3 is 6.09 Å². The zero-order chi connectivity index (χ0) is 17.4. The Bertz CT molecular complexity index is 581. The summed E-state index contributed by atoms with van der Waals surface area (Å²) in [4.78, 5) is 16.2. The summed E-state index contributed by atoms with van der Waals surface area (Å²) >= 11 is 0. The van der Waals surface area contributed by atoms with Gasteiger partial charge in [-0.05, 0) is 59.3 Å². The molecule has 1 heterocycles. The first-order valence-corrected chi connectivity index (χ1v) is 8.77. The van der Waals surface area contributed by atoms with E-state index in [-0.39, 0.29) is 6.04 Å². The van der Waals surface area contributed by atoms with E-state index in [0.29, 0.717) is 43.9 Å². The van der Waals surface area contributed by atoms with Gasteiger partial charge < -0.3 is 19.7 Å². The van der Waals surface area contributed by atoms with Crippen LogP contribution in [0.25, 0.3) is 0 Å². The molecule has 7 nitrogen and oxygen atoms in total. The summed E-state index contributed by atoms with van der Waals surface area (Å²) in [5.41, 5.74) is -1.34. The van der Waals surface area contributed by atoms with Gasteiger partial charge in [0.25, 0.3) is 0 Å². The van der Waals surface area contributed by atoms with E-state index < -0.39 is 17.3 Å². The molecule has 1 aromatic heterocycles. The van der Waals surface area contributed by atoms with Crippen LogP contribution in [0.15, 0.2) is 4.52 Å². The lowest BCUT2D eigenvalue weighted by Crippen LogP contribution is -2.45. The molecule has 2 aliphatic carbocycles. The lowest BCUT2D eigenvalue weighted by Gasteiger charge is -2.35. The van der Waals surface area contributed by atoms with Crippen molar-refractivity contribution in [3.63, 3.8) is 0 Å². The van der Waals surface area contributed by atoms with Gasteiger partial charge in [0.2, 0.25) is 5.89 Å². The highest BCUT2D eigenvalue weighted by Gasteiger charge is 2.37. The van der Waals surface area contributed by atoms with Crippen molar-refractivity contribution in [3.05, 3.63) is 11.7 Å². The molecular weight excluding hydrogens is 310 g/mol. The van der Waals surface area contributed by atoms with Crippen LogP contribution < -0.4 is 5.32 Å². The van der Waals surface area contributed by atoms with Crippen LogP contribution >= 0.6 is 0 Å². The Hall–Kier alpha value is -1.63. The van der Waals surface area contributed by atoms with E-state index >= 15 is 0 Å². The molecule has 0 bridgehead atoms. The molecule has 1 amide bonds. The van der Waals surface area contributed by atoms with E-state index in [0.717, 1.165) is 18.7 Å². The second kappa shape index (κ2) is 6.35. The largest absolute Gasteiger partial charge is 0.444 e. The maximum Gasteiger partial charge on any atom is 0.407 e. The molecule has 2 N–H and O–H groups in total. The molecule has 0 radical (unpaired) electrons. The molecule has 24 heavy (non-hydrogen) atoms. The number of aliphatic hydroxyl groups is 1. The molecule has 0 spiro atoms. The topological polar surface area (TPSA) is 97.5 Å². The maximum absolute atomic E-state index is 11.8. The third-order valence-electron chi connectivity index (χ3n) is 4.54. The van der Waals surface area contributed by atoms with E-state index in [1.807, 2.05) is 20.8 Å². The minimum atomic E-state index is -0.834. The molecule has 0 aliphatic heterocycles. The van der Waals surface area contributed by atoms with Crippen molar-refractivity contribution in [3.8, 4) is 0 Å². The molecule has 3 rings (SSSR count). The monoisotopic (exact) mass is 337 g/mol. The minimum absolute atomic E-state index is 0.0323. The Balaban J connectivity index is 1.47. The molecule has 0 saturated heterocycles. The summed E-state index contributed by atoms with van der Waals surface area (Å²) in [5.74, 6) is 1.73. The van der Waals surface area contributed by atoms with E-state index in [1.165, 1.54) is 0 Å². The van der Waals surface area contributed by atoms with Crippen molar-refractivity contribution in [2.45, 2.75) is 88.9 Å². The molecule has 2 fully saturated rings. The number of rotatable bonds is 4. The number of ether oxygens (including phenoxy) is 1. The van der Waals surface area contributed by atoms with Gasteiger partial charge in [0.1, 0.15) is 5.60 Å². The zero-order valence-electron chi connectivity index (χ0n) is 14.7. The molecule has 2 saturated carbocycles. The van der Waals surface area contributed by atoms with Crippen LogP contribution in [0.3, 0.4) is 0 Å². The molecule has 0 atom stereocenters. The summed E-state index contributed by atoms with van der Waals surface area (Å²) in [7, 11) is 0. The average molecular weight is 337 g/mol. The van der Waals surface area contributed by atoms with Gasteiger partial charge in [0, 0.05) is 12.0 Å². The summed E-state index contributed by atoms with van der Waals surface area (Å²) < 4.78 is 10.5. The molecule has 0 unspecified atom stereocenters. The number of carbonyl (C=O) groups is 1. The molecule has 2 aliphatic rings. The van der Waals surface area contributed by atoms with Crippen molar-refractivity contribution in [1.29, 1.82) is 0 Å². The van der Waals surface area contributed by atoms with Crippen LogP contribution in [-0.2, 0) is 11.2 Å². The minimum Gasteiger partial charge on any atom is -0.444 e. The first kappa shape index (κ1) is 17.2.